The summed E-state index contributed by atoms with van der Waals surface area (Å²) in [5.74, 6) is -1.17. The highest BCUT2D eigenvalue weighted by Crippen LogP contribution is 2.18. The van der Waals surface area contributed by atoms with Crippen molar-refractivity contribution in [3.63, 3.8) is 0 Å². The van der Waals surface area contributed by atoms with E-state index in [4.69, 9.17) is 4.74 Å². The molecule has 1 heterocycles. The molecule has 1 amide bonds. The summed E-state index contributed by atoms with van der Waals surface area (Å²) in [5, 5.41) is 9.66. The van der Waals surface area contributed by atoms with Gasteiger partial charge in [-0.2, -0.15) is 5.10 Å². The van der Waals surface area contributed by atoms with Crippen molar-refractivity contribution in [2.24, 2.45) is 0 Å². The molecule has 0 spiro atoms. The fraction of sp³-hybridized carbons (Fsp3) is 0.238. The topological polar surface area (TPSA) is 101 Å². The zero-order chi connectivity index (χ0) is 19.9. The molecule has 1 atom stereocenters. The average molecular weight is 379 g/mol. The van der Waals surface area contributed by atoms with Gasteiger partial charge in [0.25, 0.3) is 11.5 Å². The Labute approximate surface area is 161 Å². The first kappa shape index (κ1) is 19.3. The zero-order valence-corrected chi connectivity index (χ0v) is 15.5. The molecule has 1 unspecified atom stereocenters. The van der Waals surface area contributed by atoms with Gasteiger partial charge in [0.1, 0.15) is 0 Å². The second-order valence-corrected chi connectivity index (χ2v) is 6.34. The summed E-state index contributed by atoms with van der Waals surface area (Å²) in [4.78, 5) is 36.5. The van der Waals surface area contributed by atoms with Gasteiger partial charge in [0.15, 0.2) is 12.3 Å². The molecule has 0 aliphatic rings. The third-order valence-electron chi connectivity index (χ3n) is 4.34. The molecular weight excluding hydrogens is 358 g/mol. The number of nitrogens with one attached hydrogen (secondary N) is 2. The number of carbonyl (C=O) groups excluding carboxylic acids is 2. The van der Waals surface area contributed by atoms with Crippen LogP contribution in [0, 0.1) is 0 Å². The quantitative estimate of drug-likeness (QED) is 0.615. The number of benzene rings is 2. The number of carbonyl (C=O) groups is 2. The number of nitrogens with zero attached hydrogens (tertiary/aromatic N) is 1. The largest absolute Gasteiger partial charge is 0.451 e. The first-order valence-electron chi connectivity index (χ1n) is 9.09. The maximum Gasteiger partial charge on any atom is 0.359 e. The maximum absolute atomic E-state index is 12.4. The van der Waals surface area contributed by atoms with Crippen molar-refractivity contribution in [2.75, 3.05) is 6.61 Å². The predicted octanol–water partition coefficient (Wildman–Crippen LogP) is 2.74. The molecule has 0 aliphatic heterocycles. The zero-order valence-electron chi connectivity index (χ0n) is 15.5. The molecule has 3 aromatic rings. The summed E-state index contributed by atoms with van der Waals surface area (Å²) >= 11 is 0. The van der Waals surface area contributed by atoms with Crippen LogP contribution < -0.4 is 10.9 Å². The van der Waals surface area contributed by atoms with Crippen molar-refractivity contribution in [3.05, 3.63) is 76.2 Å². The van der Waals surface area contributed by atoms with E-state index in [9.17, 15) is 14.4 Å². The number of amides is 1. The number of aromatic nitrogens is 2. The summed E-state index contributed by atoms with van der Waals surface area (Å²) in [6.45, 7) is 1.61. The first-order valence-corrected chi connectivity index (χ1v) is 9.09. The summed E-state index contributed by atoms with van der Waals surface area (Å²) in [7, 11) is 0. The van der Waals surface area contributed by atoms with Gasteiger partial charge < -0.3 is 10.1 Å². The smallest absolute Gasteiger partial charge is 0.359 e. The van der Waals surface area contributed by atoms with E-state index in [1.165, 1.54) is 0 Å². The van der Waals surface area contributed by atoms with Crippen LogP contribution in [-0.4, -0.2) is 28.7 Å². The Kier molecular flexibility index (Phi) is 6.16. The van der Waals surface area contributed by atoms with E-state index in [1.54, 1.807) is 24.3 Å². The van der Waals surface area contributed by atoms with Crippen LogP contribution in [0.5, 0.6) is 0 Å². The molecule has 7 heteroatoms. The third kappa shape index (κ3) is 4.43. The lowest BCUT2D eigenvalue weighted by Gasteiger charge is -2.18. The Morgan fingerprint density at radius 2 is 1.75 bits per heavy atom. The molecule has 0 bridgehead atoms. The number of fused-ring (bicyclic) bond motifs is 1. The van der Waals surface area contributed by atoms with Gasteiger partial charge in [0.2, 0.25) is 0 Å². The SMILES string of the molecule is CCCC(NC(=O)COC(=O)c1n[nH]c(=O)c2ccccc12)c1ccccc1. The second kappa shape index (κ2) is 8.94. The fourth-order valence-electron chi connectivity index (χ4n) is 3.00. The van der Waals surface area contributed by atoms with Gasteiger partial charge in [0.05, 0.1) is 11.4 Å². The Hall–Kier alpha value is -3.48. The Bertz CT molecular complexity index is 1030. The van der Waals surface area contributed by atoms with Crippen molar-refractivity contribution < 1.29 is 14.3 Å². The summed E-state index contributed by atoms with van der Waals surface area (Å²) in [6, 6.07) is 16.1. The van der Waals surface area contributed by atoms with Crippen LogP contribution in [0.2, 0.25) is 0 Å². The van der Waals surface area contributed by atoms with Gasteiger partial charge >= 0.3 is 5.97 Å². The lowest BCUT2D eigenvalue weighted by Crippen LogP contribution is -2.32. The molecule has 2 N–H and O–H groups in total. The minimum Gasteiger partial charge on any atom is -0.451 e. The van der Waals surface area contributed by atoms with E-state index in [0.29, 0.717) is 10.8 Å². The molecule has 7 nitrogen and oxygen atoms in total. The van der Waals surface area contributed by atoms with Crippen LogP contribution in [0.1, 0.15) is 41.9 Å². The van der Waals surface area contributed by atoms with E-state index in [2.05, 4.69) is 15.5 Å². The average Bonchev–Trinajstić information content (AvgIpc) is 2.73. The van der Waals surface area contributed by atoms with E-state index in [0.717, 1.165) is 18.4 Å². The number of esters is 1. The minimum atomic E-state index is -0.769. The van der Waals surface area contributed by atoms with Gasteiger partial charge in [-0.3, -0.25) is 9.59 Å². The van der Waals surface area contributed by atoms with Crippen LogP contribution in [0.4, 0.5) is 0 Å². The van der Waals surface area contributed by atoms with Crippen LogP contribution in [-0.2, 0) is 9.53 Å². The molecule has 0 radical (unpaired) electrons. The molecule has 0 fully saturated rings. The Morgan fingerprint density at radius 1 is 1.07 bits per heavy atom. The molecule has 28 heavy (non-hydrogen) atoms. The molecule has 1 aromatic heterocycles. The van der Waals surface area contributed by atoms with E-state index < -0.39 is 24.0 Å². The number of hydrogen-bond donors (Lipinski definition) is 2. The number of aromatic amines is 1. The lowest BCUT2D eigenvalue weighted by molar-refractivity contribution is -0.125. The Balaban J connectivity index is 1.67. The molecule has 0 saturated carbocycles. The van der Waals surface area contributed by atoms with Gasteiger partial charge in [-0.1, -0.05) is 61.9 Å². The highest BCUT2D eigenvalue weighted by molar-refractivity contribution is 6.02. The number of rotatable bonds is 7. The molecule has 0 aliphatic carbocycles. The summed E-state index contributed by atoms with van der Waals surface area (Å²) in [6.07, 6.45) is 1.67. The van der Waals surface area contributed by atoms with Crippen molar-refractivity contribution >= 4 is 22.6 Å². The molecule has 0 saturated heterocycles. The van der Waals surface area contributed by atoms with Crippen molar-refractivity contribution in [1.82, 2.24) is 15.5 Å². The van der Waals surface area contributed by atoms with Crippen molar-refractivity contribution in [3.8, 4) is 0 Å². The monoisotopic (exact) mass is 379 g/mol. The second-order valence-electron chi connectivity index (χ2n) is 6.34. The molecule has 2 aromatic carbocycles. The van der Waals surface area contributed by atoms with Crippen LogP contribution in [0.3, 0.4) is 0 Å². The lowest BCUT2D eigenvalue weighted by atomic mass is 10.0. The predicted molar refractivity (Wildman–Crippen MR) is 105 cm³/mol. The van der Waals surface area contributed by atoms with Gasteiger partial charge in [-0.05, 0) is 18.1 Å². The number of H-pyrrole nitrogens is 1. The van der Waals surface area contributed by atoms with E-state index in [-0.39, 0.29) is 11.7 Å². The maximum atomic E-state index is 12.4. The van der Waals surface area contributed by atoms with Crippen LogP contribution in [0.15, 0.2) is 59.4 Å². The first-order chi connectivity index (χ1) is 13.6. The van der Waals surface area contributed by atoms with E-state index in [1.807, 2.05) is 37.3 Å². The molecule has 3 rings (SSSR count). The van der Waals surface area contributed by atoms with Gasteiger partial charge in [-0.25, -0.2) is 9.89 Å². The summed E-state index contributed by atoms with van der Waals surface area (Å²) in [5.41, 5.74) is 0.573. The fourth-order valence-corrected chi connectivity index (χ4v) is 3.00. The highest BCUT2D eigenvalue weighted by Gasteiger charge is 2.18. The molecular formula is C21H21N3O4. The van der Waals surface area contributed by atoms with E-state index >= 15 is 0 Å². The molecule has 144 valence electrons. The number of ether oxygens (including phenoxy) is 1. The van der Waals surface area contributed by atoms with Crippen LogP contribution >= 0.6 is 0 Å². The van der Waals surface area contributed by atoms with Crippen LogP contribution in [0.25, 0.3) is 10.8 Å². The Morgan fingerprint density at radius 3 is 2.46 bits per heavy atom. The normalized spacial score (nSPS) is 11.8. The number of hydrogen-bond acceptors (Lipinski definition) is 5. The van der Waals surface area contributed by atoms with Gasteiger partial charge in [0, 0.05) is 5.39 Å². The summed E-state index contributed by atoms with van der Waals surface area (Å²) < 4.78 is 5.12. The van der Waals surface area contributed by atoms with Gasteiger partial charge in [-0.15, -0.1) is 0 Å². The standard InChI is InChI=1S/C21H21N3O4/c1-2-8-17(14-9-4-3-5-10-14)22-18(25)13-28-21(27)19-15-11-6-7-12-16(15)20(26)24-23-19/h3-7,9-12,17H,2,8,13H2,1H3,(H,22,25)(H,24,26). The van der Waals surface area contributed by atoms with Crippen molar-refractivity contribution in [1.29, 1.82) is 0 Å². The third-order valence-corrected chi connectivity index (χ3v) is 4.34. The highest BCUT2D eigenvalue weighted by atomic mass is 16.5. The van der Waals surface area contributed by atoms with Crippen molar-refractivity contribution in [2.45, 2.75) is 25.8 Å². The minimum absolute atomic E-state index is 0.0313.